The molecular weight excluding hydrogens is 524 g/mol. The molecule has 218 valence electrons. The smallest absolute Gasteiger partial charge is 0.289 e. The van der Waals surface area contributed by atoms with Crippen molar-refractivity contribution in [1.29, 1.82) is 0 Å². The molecule has 0 aromatic heterocycles. The van der Waals surface area contributed by atoms with E-state index in [0.29, 0.717) is 24.1 Å². The van der Waals surface area contributed by atoms with Crippen molar-refractivity contribution in [2.75, 3.05) is 6.54 Å². The van der Waals surface area contributed by atoms with Crippen LogP contribution >= 0.6 is 0 Å². The van der Waals surface area contributed by atoms with Crippen LogP contribution in [0.15, 0.2) is 60.7 Å². The average Bonchev–Trinajstić information content (AvgIpc) is 3.70. The Labute approximate surface area is 239 Å². The maximum absolute atomic E-state index is 13.8. The number of benzene rings is 2. The summed E-state index contributed by atoms with van der Waals surface area (Å²) in [5.41, 5.74) is -1.45. The van der Waals surface area contributed by atoms with Crippen LogP contribution in [0.25, 0.3) is 0 Å². The minimum absolute atomic E-state index is 0.0329. The van der Waals surface area contributed by atoms with Gasteiger partial charge in [0.2, 0.25) is 17.6 Å². The number of hydrogen-bond donors (Lipinski definition) is 5. The average molecular weight is 563 g/mol. The van der Waals surface area contributed by atoms with E-state index in [0.717, 1.165) is 12.8 Å². The van der Waals surface area contributed by atoms with E-state index in [1.54, 1.807) is 60.7 Å². The van der Waals surface area contributed by atoms with Crippen molar-refractivity contribution in [1.82, 2.24) is 21.3 Å². The summed E-state index contributed by atoms with van der Waals surface area (Å²) in [5, 5.41) is 22.6. The zero-order chi connectivity index (χ0) is 29.6. The largest absolute Gasteiger partial charge is 0.372 e. The van der Waals surface area contributed by atoms with Crippen LogP contribution in [-0.2, 0) is 29.6 Å². The summed E-state index contributed by atoms with van der Waals surface area (Å²) < 4.78 is 0. The molecule has 4 rings (SSSR count). The number of amides is 4. The first-order valence-corrected chi connectivity index (χ1v) is 14.2. The van der Waals surface area contributed by atoms with Crippen molar-refractivity contribution in [3.63, 3.8) is 0 Å². The van der Waals surface area contributed by atoms with E-state index >= 15 is 0 Å². The Bertz CT molecular complexity index is 1220. The molecule has 0 radical (unpaired) electrons. The molecule has 3 atom stereocenters. The lowest BCUT2D eigenvalue weighted by atomic mass is 9.85. The molecule has 2 aromatic carbocycles. The summed E-state index contributed by atoms with van der Waals surface area (Å²) in [5.74, 6) is -3.92. The molecule has 2 aromatic rings. The van der Waals surface area contributed by atoms with Crippen LogP contribution in [0.5, 0.6) is 0 Å². The third-order valence-electron chi connectivity index (χ3n) is 7.49. The Balaban J connectivity index is 1.58. The second-order valence-corrected chi connectivity index (χ2v) is 11.3. The SMILES string of the molecule is CC(C)C[C@H](NC(=O)C(O)(c1ccccc1)c1ccccc1)C(=O)N[C@@H](C[C@@H]1CCNC1=O)C(=O)C(=O)NC1CC1. The Kier molecular flexibility index (Phi) is 9.54. The van der Waals surface area contributed by atoms with Gasteiger partial charge >= 0.3 is 0 Å². The molecule has 4 amide bonds. The van der Waals surface area contributed by atoms with Crippen LogP contribution in [0.4, 0.5) is 0 Å². The highest BCUT2D eigenvalue weighted by molar-refractivity contribution is 6.38. The fraction of sp³-hybridized carbons (Fsp3) is 0.452. The van der Waals surface area contributed by atoms with Gasteiger partial charge in [0.15, 0.2) is 5.60 Å². The predicted molar refractivity (Wildman–Crippen MR) is 151 cm³/mol. The molecule has 0 unspecified atom stereocenters. The Hall–Kier alpha value is -4.05. The van der Waals surface area contributed by atoms with Crippen LogP contribution in [-0.4, -0.2) is 59.2 Å². The lowest BCUT2D eigenvalue weighted by molar-refractivity contribution is -0.142. The van der Waals surface area contributed by atoms with Crippen molar-refractivity contribution < 1.29 is 29.1 Å². The fourth-order valence-corrected chi connectivity index (χ4v) is 5.05. The molecule has 5 N–H and O–H groups in total. The number of carbonyl (C=O) groups excluding carboxylic acids is 5. The lowest BCUT2D eigenvalue weighted by Crippen LogP contribution is -2.57. The van der Waals surface area contributed by atoms with Gasteiger partial charge in [-0.25, -0.2) is 0 Å². The zero-order valence-electron chi connectivity index (χ0n) is 23.4. The van der Waals surface area contributed by atoms with Crippen molar-refractivity contribution >= 4 is 29.4 Å². The molecule has 0 spiro atoms. The zero-order valence-corrected chi connectivity index (χ0v) is 23.4. The van der Waals surface area contributed by atoms with Gasteiger partial charge in [-0.3, -0.25) is 24.0 Å². The third kappa shape index (κ3) is 7.38. The number of Topliss-reactive ketones (excluding diaryl/α,β-unsaturated/α-hetero) is 1. The van der Waals surface area contributed by atoms with Crippen LogP contribution in [0.3, 0.4) is 0 Å². The molecular formula is C31H38N4O6. The molecule has 10 heteroatoms. The number of rotatable bonds is 13. The second-order valence-electron chi connectivity index (χ2n) is 11.3. The van der Waals surface area contributed by atoms with Gasteiger partial charge in [-0.05, 0) is 49.1 Å². The quantitative estimate of drug-likeness (QED) is 0.232. The molecule has 41 heavy (non-hydrogen) atoms. The molecule has 10 nitrogen and oxygen atoms in total. The first kappa shape index (κ1) is 29.9. The lowest BCUT2D eigenvalue weighted by Gasteiger charge is -2.31. The molecule has 1 saturated carbocycles. The maximum atomic E-state index is 13.8. The highest BCUT2D eigenvalue weighted by atomic mass is 16.3. The summed E-state index contributed by atoms with van der Waals surface area (Å²) in [6, 6.07) is 14.4. The van der Waals surface area contributed by atoms with Crippen molar-refractivity contribution in [3.8, 4) is 0 Å². The monoisotopic (exact) mass is 562 g/mol. The first-order chi connectivity index (χ1) is 19.6. The van der Waals surface area contributed by atoms with E-state index in [1.807, 2.05) is 13.8 Å². The topological polar surface area (TPSA) is 154 Å². The van der Waals surface area contributed by atoms with Crippen molar-refractivity contribution in [3.05, 3.63) is 71.8 Å². The molecule has 0 bridgehead atoms. The fourth-order valence-electron chi connectivity index (χ4n) is 5.05. The van der Waals surface area contributed by atoms with Crippen molar-refractivity contribution in [2.24, 2.45) is 11.8 Å². The number of nitrogens with one attached hydrogen (secondary N) is 4. The maximum Gasteiger partial charge on any atom is 0.289 e. The summed E-state index contributed by atoms with van der Waals surface area (Å²) in [6.45, 7) is 4.21. The number of ketones is 1. The van der Waals surface area contributed by atoms with Gasteiger partial charge in [0, 0.05) is 18.5 Å². The van der Waals surface area contributed by atoms with Gasteiger partial charge in [-0.15, -0.1) is 0 Å². The van der Waals surface area contributed by atoms with E-state index in [-0.39, 0.29) is 30.7 Å². The van der Waals surface area contributed by atoms with Crippen molar-refractivity contribution in [2.45, 2.75) is 69.7 Å². The minimum Gasteiger partial charge on any atom is -0.372 e. The van der Waals surface area contributed by atoms with Gasteiger partial charge in [0.1, 0.15) is 6.04 Å². The summed E-state index contributed by atoms with van der Waals surface area (Å²) in [6.07, 6.45) is 2.23. The number of aliphatic hydroxyl groups is 1. The normalized spacial score (nSPS) is 18.2. The van der Waals surface area contributed by atoms with E-state index in [4.69, 9.17) is 0 Å². The summed E-state index contributed by atoms with van der Waals surface area (Å²) in [7, 11) is 0. The highest BCUT2D eigenvalue weighted by Gasteiger charge is 2.42. The first-order valence-electron chi connectivity index (χ1n) is 14.2. The third-order valence-corrected chi connectivity index (χ3v) is 7.49. The van der Waals surface area contributed by atoms with E-state index < -0.39 is 47.1 Å². The Morgan fingerprint density at radius 2 is 1.49 bits per heavy atom. The Morgan fingerprint density at radius 3 is 1.98 bits per heavy atom. The molecule has 1 saturated heterocycles. The second kappa shape index (κ2) is 13.1. The minimum atomic E-state index is -2.10. The van der Waals surface area contributed by atoms with Gasteiger partial charge < -0.3 is 26.4 Å². The van der Waals surface area contributed by atoms with Crippen LogP contribution in [0.1, 0.15) is 57.1 Å². The van der Waals surface area contributed by atoms with Crippen LogP contribution < -0.4 is 21.3 Å². The molecule has 1 aliphatic carbocycles. The van der Waals surface area contributed by atoms with Gasteiger partial charge in [-0.1, -0.05) is 74.5 Å². The number of carbonyl (C=O) groups is 5. The highest BCUT2D eigenvalue weighted by Crippen LogP contribution is 2.30. The standard InChI is InChI=1S/C31H38N4O6/c1-19(2)17-25(35-30(40)31(41,21-9-5-3-6-10-21)22-11-7-4-8-12-22)28(38)34-24(18-20-15-16-32-27(20)37)26(36)29(39)33-23-13-14-23/h3-12,19-20,23-25,41H,13-18H2,1-2H3,(H,32,37)(H,33,39)(H,34,38)(H,35,40)/t20-,24-,25-/m0/s1. The summed E-state index contributed by atoms with van der Waals surface area (Å²) in [4.78, 5) is 65.5. The van der Waals surface area contributed by atoms with E-state index in [9.17, 15) is 29.1 Å². The summed E-state index contributed by atoms with van der Waals surface area (Å²) >= 11 is 0. The van der Waals surface area contributed by atoms with E-state index in [2.05, 4.69) is 21.3 Å². The molecule has 2 aliphatic rings. The van der Waals surface area contributed by atoms with E-state index in [1.165, 1.54) is 0 Å². The molecule has 1 heterocycles. The predicted octanol–water partition coefficient (Wildman–Crippen LogP) is 1.31. The van der Waals surface area contributed by atoms with Crippen LogP contribution in [0.2, 0.25) is 0 Å². The van der Waals surface area contributed by atoms with Gasteiger partial charge in [-0.2, -0.15) is 0 Å². The Morgan fingerprint density at radius 1 is 0.902 bits per heavy atom. The number of hydrogen-bond acceptors (Lipinski definition) is 6. The molecule has 2 fully saturated rings. The van der Waals surface area contributed by atoms with Crippen LogP contribution in [0, 0.1) is 11.8 Å². The van der Waals surface area contributed by atoms with Gasteiger partial charge in [0.05, 0.1) is 6.04 Å². The molecule has 1 aliphatic heterocycles. The van der Waals surface area contributed by atoms with Gasteiger partial charge in [0.25, 0.3) is 11.8 Å².